The van der Waals surface area contributed by atoms with Crippen molar-refractivity contribution in [3.8, 4) is 5.75 Å². The number of carbonyl (C=O) groups is 1. The smallest absolute Gasteiger partial charge is 0.240 e. The van der Waals surface area contributed by atoms with Gasteiger partial charge in [0.1, 0.15) is 5.75 Å². The fraction of sp³-hybridized carbons (Fsp3) is 0.409. The number of amides is 1. The SMILES string of the molecule is CCCCc1ccc(CC(=O)Nc2cc(S(=O)(=O)NC3CC3)ccc2OC)cc1. The van der Waals surface area contributed by atoms with Crippen LogP contribution in [0.25, 0.3) is 0 Å². The molecule has 0 atom stereocenters. The summed E-state index contributed by atoms with van der Waals surface area (Å²) in [6, 6.07) is 12.5. The zero-order valence-corrected chi connectivity index (χ0v) is 17.7. The van der Waals surface area contributed by atoms with Crippen LogP contribution in [0, 0.1) is 0 Å². The summed E-state index contributed by atoms with van der Waals surface area (Å²) in [7, 11) is -2.13. The molecule has 0 heterocycles. The van der Waals surface area contributed by atoms with Crippen LogP contribution in [-0.2, 0) is 27.7 Å². The summed E-state index contributed by atoms with van der Waals surface area (Å²) in [6.45, 7) is 2.16. The van der Waals surface area contributed by atoms with Gasteiger partial charge in [0.15, 0.2) is 0 Å². The highest BCUT2D eigenvalue weighted by atomic mass is 32.2. The van der Waals surface area contributed by atoms with Crippen molar-refractivity contribution in [1.82, 2.24) is 4.72 Å². The van der Waals surface area contributed by atoms with Crippen LogP contribution in [0.1, 0.15) is 43.7 Å². The first-order valence-electron chi connectivity index (χ1n) is 9.99. The summed E-state index contributed by atoms with van der Waals surface area (Å²) in [5.74, 6) is 0.188. The number of sulfonamides is 1. The number of ether oxygens (including phenoxy) is 1. The summed E-state index contributed by atoms with van der Waals surface area (Å²) in [4.78, 5) is 12.6. The van der Waals surface area contributed by atoms with Gasteiger partial charge in [-0.15, -0.1) is 0 Å². The van der Waals surface area contributed by atoms with Crippen molar-refractivity contribution < 1.29 is 17.9 Å². The monoisotopic (exact) mass is 416 g/mol. The number of nitrogens with one attached hydrogen (secondary N) is 2. The Bertz CT molecular complexity index is 951. The van der Waals surface area contributed by atoms with E-state index in [0.717, 1.165) is 37.7 Å². The number of methoxy groups -OCH3 is 1. The van der Waals surface area contributed by atoms with Gasteiger partial charge in [-0.2, -0.15) is 0 Å². The van der Waals surface area contributed by atoms with Crippen LogP contribution in [0.3, 0.4) is 0 Å². The van der Waals surface area contributed by atoms with Gasteiger partial charge in [0.05, 0.1) is 24.1 Å². The van der Waals surface area contributed by atoms with Crippen molar-refractivity contribution in [2.75, 3.05) is 12.4 Å². The molecule has 2 aromatic rings. The van der Waals surface area contributed by atoms with Crippen LogP contribution in [0.2, 0.25) is 0 Å². The molecule has 1 aliphatic rings. The van der Waals surface area contributed by atoms with E-state index in [1.54, 1.807) is 6.07 Å². The minimum absolute atomic E-state index is 0.0143. The molecule has 3 rings (SSSR count). The molecule has 29 heavy (non-hydrogen) atoms. The summed E-state index contributed by atoms with van der Waals surface area (Å²) < 4.78 is 32.8. The Balaban J connectivity index is 1.69. The highest BCUT2D eigenvalue weighted by molar-refractivity contribution is 7.89. The molecule has 0 saturated heterocycles. The maximum Gasteiger partial charge on any atom is 0.240 e. The summed E-state index contributed by atoms with van der Waals surface area (Å²) in [5.41, 5.74) is 2.51. The molecule has 1 saturated carbocycles. The van der Waals surface area contributed by atoms with E-state index in [1.807, 2.05) is 12.1 Å². The Labute approximate surface area is 172 Å². The Kier molecular flexibility index (Phi) is 6.92. The minimum Gasteiger partial charge on any atom is -0.495 e. The van der Waals surface area contributed by atoms with Gasteiger partial charge in [-0.05, 0) is 55.0 Å². The summed E-state index contributed by atoms with van der Waals surface area (Å²) >= 11 is 0. The number of benzene rings is 2. The molecule has 0 radical (unpaired) electrons. The molecule has 7 heteroatoms. The first-order chi connectivity index (χ1) is 13.9. The molecule has 2 N–H and O–H groups in total. The van der Waals surface area contributed by atoms with E-state index in [2.05, 4.69) is 29.1 Å². The third-order valence-corrected chi connectivity index (χ3v) is 6.38. The second-order valence-corrected chi connectivity index (χ2v) is 9.12. The molecular formula is C22H28N2O4S. The fourth-order valence-electron chi connectivity index (χ4n) is 3.03. The number of hydrogen-bond donors (Lipinski definition) is 2. The summed E-state index contributed by atoms with van der Waals surface area (Å²) in [6.07, 6.45) is 5.25. The zero-order valence-electron chi connectivity index (χ0n) is 16.9. The van der Waals surface area contributed by atoms with Crippen LogP contribution >= 0.6 is 0 Å². The number of carbonyl (C=O) groups excluding carboxylic acids is 1. The summed E-state index contributed by atoms with van der Waals surface area (Å²) in [5, 5.41) is 2.78. The van der Waals surface area contributed by atoms with E-state index in [4.69, 9.17) is 4.74 Å². The van der Waals surface area contributed by atoms with Crippen LogP contribution in [0.15, 0.2) is 47.4 Å². The first-order valence-corrected chi connectivity index (χ1v) is 11.5. The van der Waals surface area contributed by atoms with E-state index in [9.17, 15) is 13.2 Å². The first kappa shape index (κ1) is 21.3. The van der Waals surface area contributed by atoms with E-state index >= 15 is 0 Å². The molecule has 0 aromatic heterocycles. The quantitative estimate of drug-likeness (QED) is 0.619. The van der Waals surface area contributed by atoms with Gasteiger partial charge in [0, 0.05) is 6.04 Å². The number of hydrogen-bond acceptors (Lipinski definition) is 4. The standard InChI is InChI=1S/C22H28N2O4S/c1-3-4-5-16-6-8-17(9-7-16)14-22(25)23-20-15-19(12-13-21(20)28-2)29(26,27)24-18-10-11-18/h6-9,12-13,15,18,24H,3-5,10-11,14H2,1-2H3,(H,23,25). The lowest BCUT2D eigenvalue weighted by Gasteiger charge is -2.13. The van der Waals surface area contributed by atoms with Crippen LogP contribution in [-0.4, -0.2) is 27.5 Å². The van der Waals surface area contributed by atoms with Crippen molar-refractivity contribution in [1.29, 1.82) is 0 Å². The van der Waals surface area contributed by atoms with E-state index in [-0.39, 0.29) is 23.3 Å². The maximum absolute atomic E-state index is 12.5. The Morgan fingerprint density at radius 2 is 1.79 bits per heavy atom. The van der Waals surface area contributed by atoms with Crippen molar-refractivity contribution >= 4 is 21.6 Å². The van der Waals surface area contributed by atoms with Crippen molar-refractivity contribution in [2.24, 2.45) is 0 Å². The van der Waals surface area contributed by atoms with E-state index < -0.39 is 10.0 Å². The molecule has 1 aliphatic carbocycles. The molecule has 0 aliphatic heterocycles. The predicted octanol–water partition coefficient (Wildman–Crippen LogP) is 3.66. The highest BCUT2D eigenvalue weighted by Crippen LogP contribution is 2.29. The third-order valence-electron chi connectivity index (χ3n) is 4.86. The normalized spacial score (nSPS) is 13.9. The van der Waals surface area contributed by atoms with Crippen LogP contribution in [0.5, 0.6) is 5.75 Å². The lowest BCUT2D eigenvalue weighted by atomic mass is 10.0. The van der Waals surface area contributed by atoms with Gasteiger partial charge in [-0.1, -0.05) is 37.6 Å². The van der Waals surface area contributed by atoms with Gasteiger partial charge in [-0.3, -0.25) is 4.79 Å². The van der Waals surface area contributed by atoms with Crippen LogP contribution < -0.4 is 14.8 Å². The largest absolute Gasteiger partial charge is 0.495 e. The predicted molar refractivity (Wildman–Crippen MR) is 114 cm³/mol. The molecule has 0 bridgehead atoms. The molecule has 6 nitrogen and oxygen atoms in total. The van der Waals surface area contributed by atoms with Crippen molar-refractivity contribution in [2.45, 2.75) is 56.4 Å². The lowest BCUT2D eigenvalue weighted by Crippen LogP contribution is -2.26. The Morgan fingerprint density at radius 1 is 1.10 bits per heavy atom. The second kappa shape index (κ2) is 9.41. The molecule has 156 valence electrons. The Morgan fingerprint density at radius 3 is 2.41 bits per heavy atom. The molecule has 2 aromatic carbocycles. The van der Waals surface area contributed by atoms with Crippen molar-refractivity contribution in [3.63, 3.8) is 0 Å². The van der Waals surface area contributed by atoms with Crippen molar-refractivity contribution in [3.05, 3.63) is 53.6 Å². The minimum atomic E-state index is -3.61. The number of unbranched alkanes of at least 4 members (excludes halogenated alkanes) is 1. The van der Waals surface area contributed by atoms with Gasteiger partial charge < -0.3 is 10.1 Å². The maximum atomic E-state index is 12.5. The molecule has 0 spiro atoms. The second-order valence-electron chi connectivity index (χ2n) is 7.40. The number of rotatable bonds is 10. The molecular weight excluding hydrogens is 388 g/mol. The molecule has 1 amide bonds. The highest BCUT2D eigenvalue weighted by Gasteiger charge is 2.28. The number of anilines is 1. The van der Waals surface area contributed by atoms with E-state index in [0.29, 0.717) is 11.4 Å². The van der Waals surface area contributed by atoms with Gasteiger partial charge in [0.25, 0.3) is 0 Å². The molecule has 0 unspecified atom stereocenters. The topological polar surface area (TPSA) is 84.5 Å². The number of aryl methyl sites for hydroxylation is 1. The van der Waals surface area contributed by atoms with Gasteiger partial charge in [-0.25, -0.2) is 13.1 Å². The van der Waals surface area contributed by atoms with Gasteiger partial charge >= 0.3 is 0 Å². The average molecular weight is 417 g/mol. The Hall–Kier alpha value is -2.38. The van der Waals surface area contributed by atoms with Crippen LogP contribution in [0.4, 0.5) is 5.69 Å². The molecule has 1 fully saturated rings. The lowest BCUT2D eigenvalue weighted by molar-refractivity contribution is -0.115. The van der Waals surface area contributed by atoms with Gasteiger partial charge in [0.2, 0.25) is 15.9 Å². The fourth-order valence-corrected chi connectivity index (χ4v) is 4.36. The zero-order chi connectivity index (χ0) is 20.9. The average Bonchev–Trinajstić information content (AvgIpc) is 3.50. The van der Waals surface area contributed by atoms with E-state index in [1.165, 1.54) is 24.8 Å². The third kappa shape index (κ3) is 6.05.